The molecule has 3 atom stereocenters. The van der Waals surface area contributed by atoms with Crippen molar-refractivity contribution in [2.45, 2.75) is 26.3 Å². The summed E-state index contributed by atoms with van der Waals surface area (Å²) in [6, 6.07) is 12.6. The molecule has 1 fully saturated rings. The fourth-order valence-electron chi connectivity index (χ4n) is 2.68. The second-order valence-corrected chi connectivity index (χ2v) is 5.92. The van der Waals surface area contributed by atoms with Gasteiger partial charge in [-0.05, 0) is 30.7 Å². The SMILES string of the molecule is Cc1nc(Cl)cc(NC(c2ccccc2)C2CC2C)n1. The van der Waals surface area contributed by atoms with Crippen LogP contribution in [-0.2, 0) is 0 Å². The summed E-state index contributed by atoms with van der Waals surface area (Å²) in [6.07, 6.45) is 1.25. The Labute approximate surface area is 124 Å². The smallest absolute Gasteiger partial charge is 0.134 e. The van der Waals surface area contributed by atoms with Crippen molar-refractivity contribution in [3.63, 3.8) is 0 Å². The number of aryl methyl sites for hydroxylation is 1. The van der Waals surface area contributed by atoms with Crippen LogP contribution in [-0.4, -0.2) is 9.97 Å². The molecule has 104 valence electrons. The van der Waals surface area contributed by atoms with E-state index in [1.165, 1.54) is 12.0 Å². The molecule has 2 aromatic rings. The monoisotopic (exact) mass is 287 g/mol. The van der Waals surface area contributed by atoms with Gasteiger partial charge in [-0.1, -0.05) is 48.9 Å². The minimum absolute atomic E-state index is 0.288. The Hall–Kier alpha value is -1.61. The van der Waals surface area contributed by atoms with Crippen LogP contribution in [0.4, 0.5) is 5.82 Å². The summed E-state index contributed by atoms with van der Waals surface area (Å²) in [7, 11) is 0. The van der Waals surface area contributed by atoms with Gasteiger partial charge in [0.2, 0.25) is 0 Å². The molecule has 1 aromatic heterocycles. The highest BCUT2D eigenvalue weighted by atomic mass is 35.5. The lowest BCUT2D eigenvalue weighted by atomic mass is 10.0. The third-order valence-corrected chi connectivity index (χ3v) is 4.06. The van der Waals surface area contributed by atoms with Gasteiger partial charge in [0.05, 0.1) is 6.04 Å². The Morgan fingerprint density at radius 1 is 1.25 bits per heavy atom. The Kier molecular flexibility index (Phi) is 3.62. The van der Waals surface area contributed by atoms with E-state index in [-0.39, 0.29) is 6.04 Å². The second kappa shape index (κ2) is 5.41. The van der Waals surface area contributed by atoms with Crippen molar-refractivity contribution in [3.05, 3.63) is 52.9 Å². The topological polar surface area (TPSA) is 37.8 Å². The molecule has 1 aliphatic carbocycles. The number of halogens is 1. The molecule has 20 heavy (non-hydrogen) atoms. The maximum Gasteiger partial charge on any atom is 0.134 e. The minimum atomic E-state index is 0.288. The maximum atomic E-state index is 6.01. The molecule has 0 saturated heterocycles. The Bertz CT molecular complexity index is 580. The molecule has 3 unspecified atom stereocenters. The predicted molar refractivity (Wildman–Crippen MR) is 81.9 cm³/mol. The van der Waals surface area contributed by atoms with Crippen LogP contribution in [0.25, 0.3) is 0 Å². The highest BCUT2D eigenvalue weighted by molar-refractivity contribution is 6.29. The van der Waals surface area contributed by atoms with Crippen LogP contribution >= 0.6 is 11.6 Å². The van der Waals surface area contributed by atoms with Gasteiger partial charge in [-0.2, -0.15) is 0 Å². The molecule has 0 bridgehead atoms. The molecule has 1 saturated carbocycles. The number of anilines is 1. The summed E-state index contributed by atoms with van der Waals surface area (Å²) in [5.74, 6) is 2.91. The first-order valence-corrected chi connectivity index (χ1v) is 7.34. The van der Waals surface area contributed by atoms with Gasteiger partial charge in [-0.3, -0.25) is 0 Å². The first-order valence-electron chi connectivity index (χ1n) is 6.96. The van der Waals surface area contributed by atoms with Crippen molar-refractivity contribution in [1.29, 1.82) is 0 Å². The van der Waals surface area contributed by atoms with Crippen molar-refractivity contribution < 1.29 is 0 Å². The standard InChI is InChI=1S/C16H18ClN3/c1-10-8-13(10)16(12-6-4-3-5-7-12)20-15-9-14(17)18-11(2)19-15/h3-7,9-10,13,16H,8H2,1-2H3,(H,18,19,20). The molecule has 1 N–H and O–H groups in total. The molecule has 0 spiro atoms. The van der Waals surface area contributed by atoms with Crippen LogP contribution in [0, 0.1) is 18.8 Å². The second-order valence-electron chi connectivity index (χ2n) is 5.53. The highest BCUT2D eigenvalue weighted by Gasteiger charge is 2.40. The number of hydrogen-bond donors (Lipinski definition) is 1. The summed E-state index contributed by atoms with van der Waals surface area (Å²) < 4.78 is 0. The van der Waals surface area contributed by atoms with E-state index >= 15 is 0 Å². The number of nitrogens with zero attached hydrogens (tertiary/aromatic N) is 2. The highest BCUT2D eigenvalue weighted by Crippen LogP contribution is 2.48. The molecular formula is C16H18ClN3. The van der Waals surface area contributed by atoms with Gasteiger partial charge in [0.1, 0.15) is 16.8 Å². The molecule has 1 aromatic carbocycles. The van der Waals surface area contributed by atoms with Crippen molar-refractivity contribution in [2.75, 3.05) is 5.32 Å². The van der Waals surface area contributed by atoms with Gasteiger partial charge in [-0.15, -0.1) is 0 Å². The van der Waals surface area contributed by atoms with Gasteiger partial charge < -0.3 is 5.32 Å². The fourth-order valence-corrected chi connectivity index (χ4v) is 2.90. The number of benzene rings is 1. The zero-order chi connectivity index (χ0) is 14.1. The van der Waals surface area contributed by atoms with Gasteiger partial charge in [0.25, 0.3) is 0 Å². The van der Waals surface area contributed by atoms with Crippen LogP contribution in [0.3, 0.4) is 0 Å². The molecule has 1 aliphatic rings. The van der Waals surface area contributed by atoms with Crippen LogP contribution in [0.5, 0.6) is 0 Å². The minimum Gasteiger partial charge on any atom is -0.363 e. The number of hydrogen-bond acceptors (Lipinski definition) is 3. The summed E-state index contributed by atoms with van der Waals surface area (Å²) >= 11 is 6.01. The quantitative estimate of drug-likeness (QED) is 0.854. The molecule has 3 nitrogen and oxygen atoms in total. The van der Waals surface area contributed by atoms with E-state index in [0.29, 0.717) is 16.9 Å². The van der Waals surface area contributed by atoms with Crippen molar-refractivity contribution in [1.82, 2.24) is 9.97 Å². The van der Waals surface area contributed by atoms with E-state index in [4.69, 9.17) is 11.6 Å². The summed E-state index contributed by atoms with van der Waals surface area (Å²) in [5.41, 5.74) is 1.30. The number of nitrogens with one attached hydrogen (secondary N) is 1. The fraction of sp³-hybridized carbons (Fsp3) is 0.375. The zero-order valence-electron chi connectivity index (χ0n) is 11.7. The van der Waals surface area contributed by atoms with Crippen LogP contribution in [0.2, 0.25) is 5.15 Å². The lowest BCUT2D eigenvalue weighted by molar-refractivity contribution is 0.628. The summed E-state index contributed by atoms with van der Waals surface area (Å²) in [6.45, 7) is 4.15. The lowest BCUT2D eigenvalue weighted by Gasteiger charge is -2.20. The lowest BCUT2D eigenvalue weighted by Crippen LogP contribution is -2.15. The van der Waals surface area contributed by atoms with Crippen LogP contribution in [0.1, 0.15) is 30.8 Å². The Morgan fingerprint density at radius 3 is 2.55 bits per heavy atom. The van der Waals surface area contributed by atoms with Gasteiger partial charge in [0.15, 0.2) is 0 Å². The molecule has 0 amide bonds. The average Bonchev–Trinajstić information content (AvgIpc) is 3.13. The van der Waals surface area contributed by atoms with Crippen molar-refractivity contribution in [2.24, 2.45) is 11.8 Å². The zero-order valence-corrected chi connectivity index (χ0v) is 12.4. The first kappa shape index (κ1) is 13.4. The van der Waals surface area contributed by atoms with Crippen LogP contribution < -0.4 is 5.32 Å². The third-order valence-electron chi connectivity index (χ3n) is 3.87. The molecule has 4 heteroatoms. The summed E-state index contributed by atoms with van der Waals surface area (Å²) in [4.78, 5) is 8.53. The maximum absolute atomic E-state index is 6.01. The Balaban J connectivity index is 1.87. The van der Waals surface area contributed by atoms with E-state index < -0.39 is 0 Å². The molecule has 0 aliphatic heterocycles. The van der Waals surface area contributed by atoms with E-state index in [1.807, 2.05) is 13.0 Å². The van der Waals surface area contributed by atoms with E-state index in [1.54, 1.807) is 6.07 Å². The first-order chi connectivity index (χ1) is 9.63. The normalized spacial score (nSPS) is 22.4. The van der Waals surface area contributed by atoms with Gasteiger partial charge in [0, 0.05) is 6.07 Å². The number of aromatic nitrogens is 2. The number of rotatable bonds is 4. The molecule has 0 radical (unpaired) electrons. The van der Waals surface area contributed by atoms with E-state index in [9.17, 15) is 0 Å². The molecule has 3 rings (SSSR count). The molecule has 1 heterocycles. The van der Waals surface area contributed by atoms with E-state index in [2.05, 4.69) is 46.5 Å². The molecular weight excluding hydrogens is 270 g/mol. The van der Waals surface area contributed by atoms with Gasteiger partial charge >= 0.3 is 0 Å². The Morgan fingerprint density at radius 2 is 1.95 bits per heavy atom. The van der Waals surface area contributed by atoms with E-state index in [0.717, 1.165) is 11.7 Å². The predicted octanol–water partition coefficient (Wildman–Crippen LogP) is 4.25. The summed E-state index contributed by atoms with van der Waals surface area (Å²) in [5, 5.41) is 4.02. The van der Waals surface area contributed by atoms with Crippen LogP contribution in [0.15, 0.2) is 36.4 Å². The van der Waals surface area contributed by atoms with Gasteiger partial charge in [-0.25, -0.2) is 9.97 Å². The third kappa shape index (κ3) is 2.93. The largest absolute Gasteiger partial charge is 0.363 e. The average molecular weight is 288 g/mol. The van der Waals surface area contributed by atoms with Crippen molar-refractivity contribution >= 4 is 17.4 Å². The van der Waals surface area contributed by atoms with Crippen molar-refractivity contribution in [3.8, 4) is 0 Å².